The molecular formula is C28H16O7S. The molecule has 1 aliphatic heterocycles. The molecule has 0 bridgehead atoms. The van der Waals surface area contributed by atoms with Crippen molar-refractivity contribution < 1.29 is 32.3 Å². The maximum atomic E-state index is 13.7. The first-order valence-corrected chi connectivity index (χ1v) is 12.3. The van der Waals surface area contributed by atoms with E-state index in [4.69, 9.17) is 4.74 Å². The van der Waals surface area contributed by atoms with E-state index < -0.39 is 49.0 Å². The van der Waals surface area contributed by atoms with E-state index in [0.717, 1.165) is 6.07 Å². The van der Waals surface area contributed by atoms with Gasteiger partial charge >= 0.3 is 0 Å². The second-order valence-corrected chi connectivity index (χ2v) is 9.77. The normalized spacial score (nSPS) is 13.0. The molecule has 4 aromatic carbocycles. The van der Waals surface area contributed by atoms with Gasteiger partial charge in [-0.25, -0.2) is 8.42 Å². The first kappa shape index (κ1) is 23.1. The molecular weight excluding hydrogens is 480 g/mol. The third-order valence-corrected chi connectivity index (χ3v) is 7.56. The van der Waals surface area contributed by atoms with E-state index in [1.807, 2.05) is 0 Å². The van der Waals surface area contributed by atoms with Gasteiger partial charge in [0.2, 0.25) is 33.0 Å². The monoisotopic (exact) mass is 496 g/mol. The molecule has 8 heteroatoms. The van der Waals surface area contributed by atoms with Crippen LogP contribution < -0.4 is 4.74 Å². The maximum absolute atomic E-state index is 13.7. The molecule has 0 atom stereocenters. The lowest BCUT2D eigenvalue weighted by atomic mass is 9.92. The van der Waals surface area contributed by atoms with Gasteiger partial charge in [-0.1, -0.05) is 72.8 Å². The van der Waals surface area contributed by atoms with Crippen LogP contribution in [-0.4, -0.2) is 31.6 Å². The molecule has 0 aromatic heterocycles. The quantitative estimate of drug-likeness (QED) is 0.246. The minimum atomic E-state index is -4.40. The van der Waals surface area contributed by atoms with Gasteiger partial charge in [-0.3, -0.25) is 19.2 Å². The Morgan fingerprint density at radius 1 is 0.528 bits per heavy atom. The number of fused-ring (bicyclic) bond motifs is 2. The smallest absolute Gasteiger partial charge is 0.235 e. The van der Waals surface area contributed by atoms with Crippen molar-refractivity contribution in [3.8, 4) is 11.5 Å². The number of carbonyl (C=O) groups is 4. The molecule has 0 N–H and O–H groups in total. The highest BCUT2D eigenvalue weighted by Gasteiger charge is 2.40. The van der Waals surface area contributed by atoms with Gasteiger partial charge in [0.1, 0.15) is 21.3 Å². The van der Waals surface area contributed by atoms with Crippen molar-refractivity contribution in [3.05, 3.63) is 119 Å². The highest BCUT2D eigenvalue weighted by molar-refractivity contribution is 7.91. The molecule has 5 rings (SSSR count). The van der Waals surface area contributed by atoms with Gasteiger partial charge in [-0.05, 0) is 24.3 Å². The molecule has 176 valence electrons. The zero-order chi connectivity index (χ0) is 25.4. The van der Waals surface area contributed by atoms with E-state index in [1.165, 1.54) is 48.5 Å². The summed E-state index contributed by atoms with van der Waals surface area (Å²) >= 11 is 0. The third-order valence-electron chi connectivity index (χ3n) is 5.70. The van der Waals surface area contributed by atoms with Crippen molar-refractivity contribution >= 4 is 33.0 Å². The van der Waals surface area contributed by atoms with Crippen LogP contribution >= 0.6 is 0 Å². The average Bonchev–Trinajstić information content (AvgIpc) is 2.92. The van der Waals surface area contributed by atoms with Crippen LogP contribution in [0.3, 0.4) is 0 Å². The van der Waals surface area contributed by atoms with Crippen LogP contribution in [0.15, 0.2) is 107 Å². The van der Waals surface area contributed by atoms with Crippen LogP contribution in [0, 0.1) is 0 Å². The number of sulfone groups is 1. The summed E-state index contributed by atoms with van der Waals surface area (Å²) in [5, 5.41) is 0. The Balaban J connectivity index is 1.75. The van der Waals surface area contributed by atoms with Gasteiger partial charge in [0, 0.05) is 16.7 Å². The third kappa shape index (κ3) is 3.73. The first-order chi connectivity index (χ1) is 17.3. The predicted octanol–water partition coefficient (Wildman–Crippen LogP) is 4.76. The SMILES string of the molecule is O=C(C(=O)c1ccc2c(c1C(=O)C(=O)c1ccccc1)S(=O)(=O)c1ccccc1O2)c1ccccc1. The minimum absolute atomic E-state index is 0.00224. The number of rotatable bonds is 6. The Morgan fingerprint density at radius 3 is 1.67 bits per heavy atom. The Kier molecular flexibility index (Phi) is 5.66. The highest BCUT2D eigenvalue weighted by Crippen LogP contribution is 2.45. The highest BCUT2D eigenvalue weighted by atomic mass is 32.2. The molecule has 0 aliphatic carbocycles. The average molecular weight is 496 g/mol. The van der Waals surface area contributed by atoms with Crippen molar-refractivity contribution in [2.45, 2.75) is 9.79 Å². The number of hydrogen-bond acceptors (Lipinski definition) is 7. The summed E-state index contributed by atoms with van der Waals surface area (Å²) in [6.07, 6.45) is 0. The summed E-state index contributed by atoms with van der Waals surface area (Å²) in [6.45, 7) is 0. The van der Waals surface area contributed by atoms with Gasteiger partial charge < -0.3 is 4.74 Å². The minimum Gasteiger partial charge on any atom is -0.455 e. The molecule has 0 saturated heterocycles. The number of Topliss-reactive ketones (excluding diaryl/α,β-unsaturated/α-hetero) is 4. The summed E-state index contributed by atoms with van der Waals surface area (Å²) in [5.41, 5.74) is -1.13. The Bertz CT molecular complexity index is 1670. The number of benzene rings is 4. The molecule has 36 heavy (non-hydrogen) atoms. The lowest BCUT2D eigenvalue weighted by Gasteiger charge is -2.23. The number of ketones is 4. The lowest BCUT2D eigenvalue weighted by molar-refractivity contribution is 0.0799. The van der Waals surface area contributed by atoms with Gasteiger partial charge in [0.25, 0.3) is 0 Å². The molecule has 0 fully saturated rings. The van der Waals surface area contributed by atoms with Gasteiger partial charge in [-0.15, -0.1) is 0 Å². The van der Waals surface area contributed by atoms with Crippen LogP contribution in [0.4, 0.5) is 0 Å². The Labute approximate surface area is 205 Å². The molecule has 4 aromatic rings. The first-order valence-electron chi connectivity index (χ1n) is 10.8. The summed E-state index contributed by atoms with van der Waals surface area (Å²) in [7, 11) is -4.40. The molecule has 0 unspecified atom stereocenters. The van der Waals surface area contributed by atoms with Crippen molar-refractivity contribution in [2.24, 2.45) is 0 Å². The lowest BCUT2D eigenvalue weighted by Crippen LogP contribution is -2.26. The summed E-state index contributed by atoms with van der Waals surface area (Å²) in [5.74, 6) is -4.53. The van der Waals surface area contributed by atoms with Crippen LogP contribution in [0.25, 0.3) is 0 Å². The largest absolute Gasteiger partial charge is 0.455 e. The number of carbonyl (C=O) groups excluding carboxylic acids is 4. The topological polar surface area (TPSA) is 112 Å². The van der Waals surface area contributed by atoms with Crippen molar-refractivity contribution in [2.75, 3.05) is 0 Å². The molecule has 0 amide bonds. The summed E-state index contributed by atoms with van der Waals surface area (Å²) < 4.78 is 33.0. The van der Waals surface area contributed by atoms with Crippen LogP contribution in [0.2, 0.25) is 0 Å². The molecule has 0 radical (unpaired) electrons. The Morgan fingerprint density at radius 2 is 1.06 bits per heavy atom. The van der Waals surface area contributed by atoms with Crippen LogP contribution in [-0.2, 0) is 9.84 Å². The van der Waals surface area contributed by atoms with Crippen molar-refractivity contribution in [1.82, 2.24) is 0 Å². The fourth-order valence-corrected chi connectivity index (χ4v) is 5.69. The molecule has 7 nitrogen and oxygen atoms in total. The zero-order valence-corrected chi connectivity index (χ0v) is 19.3. The number of hydrogen-bond donors (Lipinski definition) is 0. The fraction of sp³-hybridized carbons (Fsp3) is 0. The van der Waals surface area contributed by atoms with Crippen LogP contribution in [0.5, 0.6) is 11.5 Å². The number of ether oxygens (including phenoxy) is 1. The van der Waals surface area contributed by atoms with E-state index in [1.54, 1.807) is 42.5 Å². The van der Waals surface area contributed by atoms with E-state index >= 15 is 0 Å². The standard InChI is InChI=1S/C28H16O7S/c29-24(17-9-3-1-4-10-17)26(31)19-15-16-21-28(36(33,34)22-14-8-7-13-20(22)35-21)23(19)27(32)25(30)18-11-5-2-6-12-18/h1-16H. The second kappa shape index (κ2) is 8.83. The van der Waals surface area contributed by atoms with E-state index in [9.17, 15) is 27.6 Å². The Hall–Kier alpha value is -4.69. The second-order valence-electron chi connectivity index (χ2n) is 7.92. The summed E-state index contributed by atoms with van der Waals surface area (Å²) in [6, 6.07) is 23.3. The van der Waals surface area contributed by atoms with Gasteiger partial charge in [-0.2, -0.15) is 0 Å². The van der Waals surface area contributed by atoms with Gasteiger partial charge in [0.05, 0.1) is 5.56 Å². The molecule has 1 heterocycles. The molecule has 0 spiro atoms. The van der Waals surface area contributed by atoms with Crippen molar-refractivity contribution in [3.63, 3.8) is 0 Å². The van der Waals surface area contributed by atoms with Crippen molar-refractivity contribution in [1.29, 1.82) is 0 Å². The molecule has 0 saturated carbocycles. The van der Waals surface area contributed by atoms with Crippen LogP contribution in [0.1, 0.15) is 41.4 Å². The van der Waals surface area contributed by atoms with E-state index in [2.05, 4.69) is 0 Å². The zero-order valence-electron chi connectivity index (χ0n) is 18.5. The predicted molar refractivity (Wildman–Crippen MR) is 129 cm³/mol. The fourth-order valence-electron chi connectivity index (χ4n) is 3.99. The number of para-hydroxylation sites is 1. The molecule has 1 aliphatic rings. The van der Waals surface area contributed by atoms with E-state index in [-0.39, 0.29) is 27.5 Å². The summed E-state index contributed by atoms with van der Waals surface area (Å²) in [4.78, 5) is 52.1. The maximum Gasteiger partial charge on any atom is 0.235 e. The van der Waals surface area contributed by atoms with E-state index in [0.29, 0.717) is 0 Å². The van der Waals surface area contributed by atoms with Gasteiger partial charge in [0.15, 0.2) is 0 Å².